The van der Waals surface area contributed by atoms with Crippen molar-refractivity contribution in [3.05, 3.63) is 78.1 Å². The van der Waals surface area contributed by atoms with Gasteiger partial charge < -0.3 is 14.8 Å². The van der Waals surface area contributed by atoms with E-state index in [1.54, 1.807) is 6.08 Å². The number of nitrogens with zero attached hydrogens (tertiary/aromatic N) is 3. The third-order valence-electron chi connectivity index (χ3n) is 4.77. The Bertz CT molecular complexity index is 1050. The van der Waals surface area contributed by atoms with Crippen molar-refractivity contribution < 1.29 is 14.3 Å². The molecule has 3 aromatic rings. The fraction of sp³-hybridized carbons (Fsp3) is 0.320. The smallest absolute Gasteiger partial charge is 0.230 e. The molecule has 3 rings (SSSR count). The number of rotatable bonds is 13. The molecule has 0 saturated heterocycles. The first-order valence-corrected chi connectivity index (χ1v) is 11.9. The Morgan fingerprint density at radius 2 is 1.97 bits per heavy atom. The molecule has 1 heterocycles. The lowest BCUT2D eigenvalue weighted by Gasteiger charge is -2.13. The molecule has 0 fully saturated rings. The first-order valence-electron chi connectivity index (χ1n) is 10.9. The number of allylic oxidation sites excluding steroid dienone is 1. The average molecular weight is 467 g/mol. The maximum atomic E-state index is 12.3. The predicted molar refractivity (Wildman–Crippen MR) is 131 cm³/mol. The zero-order valence-electron chi connectivity index (χ0n) is 19.1. The highest BCUT2D eigenvalue weighted by Crippen LogP contribution is 2.29. The SMILES string of the molecule is C=CCn1c(COc2ccc(C)cc2OCC)nnc1SCC(=O)NCCc1ccccc1. The molecule has 0 spiro atoms. The quantitative estimate of drug-likeness (QED) is 0.300. The number of hydrogen-bond donors (Lipinski definition) is 1. The van der Waals surface area contributed by atoms with E-state index in [1.807, 2.05) is 54.8 Å². The molecule has 0 unspecified atom stereocenters. The Hall–Kier alpha value is -3.26. The summed E-state index contributed by atoms with van der Waals surface area (Å²) in [7, 11) is 0. The van der Waals surface area contributed by atoms with Crippen LogP contribution < -0.4 is 14.8 Å². The second-order valence-electron chi connectivity index (χ2n) is 7.34. The van der Waals surface area contributed by atoms with E-state index in [9.17, 15) is 4.79 Å². The van der Waals surface area contributed by atoms with Gasteiger partial charge in [-0.25, -0.2) is 0 Å². The van der Waals surface area contributed by atoms with Crippen molar-refractivity contribution in [2.75, 3.05) is 18.9 Å². The first-order chi connectivity index (χ1) is 16.1. The third-order valence-corrected chi connectivity index (χ3v) is 5.74. The van der Waals surface area contributed by atoms with Crippen molar-refractivity contribution in [1.29, 1.82) is 0 Å². The van der Waals surface area contributed by atoms with Crippen molar-refractivity contribution in [2.45, 2.75) is 38.6 Å². The van der Waals surface area contributed by atoms with E-state index in [0.29, 0.717) is 42.2 Å². The number of hydrogen-bond acceptors (Lipinski definition) is 6. The largest absolute Gasteiger partial charge is 0.490 e. The summed E-state index contributed by atoms with van der Waals surface area (Å²) in [4.78, 5) is 12.3. The lowest BCUT2D eigenvalue weighted by atomic mass is 10.1. The molecule has 1 aromatic heterocycles. The number of thioether (sulfide) groups is 1. The topological polar surface area (TPSA) is 78.3 Å². The summed E-state index contributed by atoms with van der Waals surface area (Å²) in [6.45, 7) is 9.68. The maximum absolute atomic E-state index is 12.3. The number of aryl methyl sites for hydroxylation is 1. The minimum Gasteiger partial charge on any atom is -0.490 e. The number of carbonyl (C=O) groups is 1. The van der Waals surface area contributed by atoms with E-state index in [4.69, 9.17) is 9.47 Å². The number of benzene rings is 2. The summed E-state index contributed by atoms with van der Waals surface area (Å²) in [5.74, 6) is 2.24. The Labute approximate surface area is 199 Å². The fourth-order valence-electron chi connectivity index (χ4n) is 3.16. The molecule has 0 bridgehead atoms. The Kier molecular flexibility index (Phi) is 9.38. The molecule has 7 nitrogen and oxygen atoms in total. The molecule has 0 radical (unpaired) electrons. The molecule has 1 N–H and O–H groups in total. The van der Waals surface area contributed by atoms with Gasteiger partial charge in [0.15, 0.2) is 22.5 Å². The van der Waals surface area contributed by atoms with Crippen LogP contribution in [0, 0.1) is 6.92 Å². The molecular weight excluding hydrogens is 436 g/mol. The van der Waals surface area contributed by atoms with E-state index in [0.717, 1.165) is 12.0 Å². The van der Waals surface area contributed by atoms with Gasteiger partial charge in [0.1, 0.15) is 6.61 Å². The van der Waals surface area contributed by atoms with Crippen molar-refractivity contribution in [3.63, 3.8) is 0 Å². The first kappa shape index (κ1) is 24.4. The standard InChI is InChI=1S/C25H30N4O3S/c1-4-15-29-23(17-32-21-12-11-19(3)16-22(21)31-5-2)27-28-25(29)33-18-24(30)26-14-13-20-9-7-6-8-10-20/h4,6-12,16H,1,5,13-15,17-18H2,2-3H3,(H,26,30). The summed E-state index contributed by atoms with van der Waals surface area (Å²) in [5.41, 5.74) is 2.29. The molecule has 0 aliphatic rings. The zero-order valence-corrected chi connectivity index (χ0v) is 19.9. The predicted octanol–water partition coefficient (Wildman–Crippen LogP) is 4.20. The Morgan fingerprint density at radius 1 is 1.15 bits per heavy atom. The minimum absolute atomic E-state index is 0.0390. The van der Waals surface area contributed by atoms with Crippen molar-refractivity contribution >= 4 is 17.7 Å². The van der Waals surface area contributed by atoms with Crippen LogP contribution in [0.3, 0.4) is 0 Å². The number of nitrogens with one attached hydrogen (secondary N) is 1. The third kappa shape index (κ3) is 7.39. The van der Waals surface area contributed by atoms with Crippen molar-refractivity contribution in [1.82, 2.24) is 20.1 Å². The molecular formula is C25H30N4O3S. The molecule has 0 atom stereocenters. The minimum atomic E-state index is -0.0390. The van der Waals surface area contributed by atoms with Crippen LogP contribution in [0.25, 0.3) is 0 Å². The van der Waals surface area contributed by atoms with Gasteiger partial charge in [-0.3, -0.25) is 9.36 Å². The monoisotopic (exact) mass is 466 g/mol. The van der Waals surface area contributed by atoms with Crippen LogP contribution in [0.5, 0.6) is 11.5 Å². The number of ether oxygens (including phenoxy) is 2. The Morgan fingerprint density at radius 3 is 2.73 bits per heavy atom. The second kappa shape index (κ2) is 12.7. The highest BCUT2D eigenvalue weighted by Gasteiger charge is 2.15. The van der Waals surface area contributed by atoms with Crippen LogP contribution in [0.1, 0.15) is 23.9 Å². The highest BCUT2D eigenvalue weighted by atomic mass is 32.2. The van der Waals surface area contributed by atoms with Gasteiger partial charge in [0.25, 0.3) is 0 Å². The van der Waals surface area contributed by atoms with Crippen molar-refractivity contribution in [2.24, 2.45) is 0 Å². The van der Waals surface area contributed by atoms with Crippen LogP contribution in [0.4, 0.5) is 0 Å². The van der Waals surface area contributed by atoms with Gasteiger partial charge in [0, 0.05) is 13.1 Å². The van der Waals surface area contributed by atoms with Gasteiger partial charge in [-0.2, -0.15) is 0 Å². The highest BCUT2D eigenvalue weighted by molar-refractivity contribution is 7.99. The molecule has 174 valence electrons. The molecule has 0 aliphatic carbocycles. The normalized spacial score (nSPS) is 10.6. The Balaban J connectivity index is 1.55. The summed E-state index contributed by atoms with van der Waals surface area (Å²) < 4.78 is 13.6. The number of carbonyl (C=O) groups excluding carboxylic acids is 1. The molecule has 33 heavy (non-hydrogen) atoms. The number of amides is 1. The summed E-state index contributed by atoms with van der Waals surface area (Å²) in [6, 6.07) is 15.9. The van der Waals surface area contributed by atoms with E-state index in [1.165, 1.54) is 17.3 Å². The molecule has 0 aliphatic heterocycles. The van der Waals surface area contributed by atoms with E-state index < -0.39 is 0 Å². The molecule has 8 heteroatoms. The van der Waals surface area contributed by atoms with Crippen LogP contribution in [-0.2, 0) is 24.4 Å². The fourth-order valence-corrected chi connectivity index (χ4v) is 3.96. The van der Waals surface area contributed by atoms with Gasteiger partial charge in [-0.05, 0) is 43.5 Å². The zero-order chi connectivity index (χ0) is 23.5. The van der Waals surface area contributed by atoms with E-state index >= 15 is 0 Å². The van der Waals surface area contributed by atoms with Crippen LogP contribution >= 0.6 is 11.8 Å². The van der Waals surface area contributed by atoms with Gasteiger partial charge in [0.05, 0.1) is 12.4 Å². The van der Waals surface area contributed by atoms with Crippen LogP contribution in [0.15, 0.2) is 66.3 Å². The van der Waals surface area contributed by atoms with Gasteiger partial charge in [0.2, 0.25) is 5.91 Å². The summed E-state index contributed by atoms with van der Waals surface area (Å²) >= 11 is 1.35. The molecule has 1 amide bonds. The van der Waals surface area contributed by atoms with Gasteiger partial charge in [-0.1, -0.05) is 54.2 Å². The van der Waals surface area contributed by atoms with Gasteiger partial charge >= 0.3 is 0 Å². The van der Waals surface area contributed by atoms with E-state index in [2.05, 4.69) is 34.2 Å². The van der Waals surface area contributed by atoms with Crippen molar-refractivity contribution in [3.8, 4) is 11.5 Å². The lowest BCUT2D eigenvalue weighted by Crippen LogP contribution is -2.27. The van der Waals surface area contributed by atoms with Crippen LogP contribution in [-0.4, -0.2) is 39.6 Å². The van der Waals surface area contributed by atoms with Crippen LogP contribution in [0.2, 0.25) is 0 Å². The lowest BCUT2D eigenvalue weighted by molar-refractivity contribution is -0.118. The maximum Gasteiger partial charge on any atom is 0.230 e. The second-order valence-corrected chi connectivity index (χ2v) is 8.29. The van der Waals surface area contributed by atoms with E-state index in [-0.39, 0.29) is 18.3 Å². The summed E-state index contributed by atoms with van der Waals surface area (Å²) in [6.07, 6.45) is 2.57. The summed E-state index contributed by atoms with van der Waals surface area (Å²) in [5, 5.41) is 12.1. The van der Waals surface area contributed by atoms with Gasteiger partial charge in [-0.15, -0.1) is 16.8 Å². The number of aromatic nitrogens is 3. The average Bonchev–Trinajstić information content (AvgIpc) is 3.20. The molecule has 2 aromatic carbocycles. The molecule has 0 saturated carbocycles.